The van der Waals surface area contributed by atoms with E-state index in [2.05, 4.69) is 80.6 Å². The second-order valence-electron chi connectivity index (χ2n) is 7.87. The molecule has 1 aromatic carbocycles. The third-order valence-corrected chi connectivity index (χ3v) is 5.77. The molecular formula is C19H30BrNO. The van der Waals surface area contributed by atoms with Crippen LogP contribution in [0, 0.1) is 11.3 Å². The number of likely N-dealkylation sites (tertiary alicyclic amines) is 1. The zero-order valence-corrected chi connectivity index (χ0v) is 16.3. The molecule has 22 heavy (non-hydrogen) atoms. The Morgan fingerprint density at radius 3 is 2.27 bits per heavy atom. The predicted octanol–water partition coefficient (Wildman–Crippen LogP) is 5.02. The fourth-order valence-electron chi connectivity index (χ4n) is 4.31. The monoisotopic (exact) mass is 367 g/mol. The van der Waals surface area contributed by atoms with Gasteiger partial charge in [0.15, 0.2) is 0 Å². The minimum atomic E-state index is -0.342. The van der Waals surface area contributed by atoms with Gasteiger partial charge in [0.05, 0.1) is 12.1 Å². The van der Waals surface area contributed by atoms with Crippen LogP contribution < -0.4 is 0 Å². The van der Waals surface area contributed by atoms with E-state index >= 15 is 0 Å². The van der Waals surface area contributed by atoms with E-state index in [9.17, 15) is 5.11 Å². The molecule has 1 saturated heterocycles. The first-order valence-electron chi connectivity index (χ1n) is 8.40. The van der Waals surface area contributed by atoms with Gasteiger partial charge in [0.25, 0.3) is 0 Å². The maximum absolute atomic E-state index is 11.2. The number of hydrogen-bond acceptors (Lipinski definition) is 2. The minimum absolute atomic E-state index is 0.0600. The molecule has 0 radical (unpaired) electrons. The lowest BCUT2D eigenvalue weighted by Crippen LogP contribution is -2.41. The van der Waals surface area contributed by atoms with E-state index < -0.39 is 0 Å². The van der Waals surface area contributed by atoms with Crippen molar-refractivity contribution in [3.05, 3.63) is 34.3 Å². The van der Waals surface area contributed by atoms with Crippen molar-refractivity contribution < 1.29 is 5.11 Å². The van der Waals surface area contributed by atoms with E-state index in [1.165, 1.54) is 5.56 Å². The average Bonchev–Trinajstić information content (AvgIpc) is 2.72. The molecule has 0 bridgehead atoms. The summed E-state index contributed by atoms with van der Waals surface area (Å²) in [6.07, 6.45) is 0.726. The maximum Gasteiger partial charge on any atom is 0.0785 e. The van der Waals surface area contributed by atoms with E-state index in [1.807, 2.05) is 6.07 Å². The average molecular weight is 368 g/mol. The summed E-state index contributed by atoms with van der Waals surface area (Å²) in [5.74, 6) is 0.275. The molecule has 1 fully saturated rings. The fraction of sp³-hybridized carbons (Fsp3) is 0.684. The lowest BCUT2D eigenvalue weighted by atomic mass is 9.73. The van der Waals surface area contributed by atoms with Crippen LogP contribution in [0.1, 0.15) is 59.6 Å². The summed E-state index contributed by atoms with van der Waals surface area (Å²) in [7, 11) is 0. The molecule has 0 saturated carbocycles. The van der Waals surface area contributed by atoms with Crippen LogP contribution in [-0.4, -0.2) is 28.2 Å². The van der Waals surface area contributed by atoms with Crippen LogP contribution in [0.3, 0.4) is 0 Å². The molecule has 2 nitrogen and oxygen atoms in total. The molecule has 1 aromatic rings. The zero-order chi connectivity index (χ0) is 16.7. The van der Waals surface area contributed by atoms with Crippen LogP contribution in [0.2, 0.25) is 0 Å². The first-order valence-corrected chi connectivity index (χ1v) is 9.19. The van der Waals surface area contributed by atoms with E-state index in [4.69, 9.17) is 0 Å². The van der Waals surface area contributed by atoms with Crippen LogP contribution in [-0.2, 0) is 0 Å². The smallest absolute Gasteiger partial charge is 0.0785 e. The first-order chi connectivity index (χ1) is 10.2. The second kappa shape index (κ2) is 6.62. The summed E-state index contributed by atoms with van der Waals surface area (Å²) in [6.45, 7) is 13.5. The van der Waals surface area contributed by atoms with E-state index in [0.717, 1.165) is 10.9 Å². The Morgan fingerprint density at radius 2 is 1.82 bits per heavy atom. The van der Waals surface area contributed by atoms with Gasteiger partial charge in [-0.2, -0.15) is 0 Å². The van der Waals surface area contributed by atoms with E-state index in [1.54, 1.807) is 0 Å². The standard InChI is InChI=1S/C19H30BrNO/c1-7-15-16(19(4,5)6)18(22)17(21(15)12(2)3)13-10-8-9-11-14(13)20/h8-12,15-18,22H,7H2,1-6H3. The largest absolute Gasteiger partial charge is 0.391 e. The molecule has 3 heteroatoms. The van der Waals surface area contributed by atoms with Gasteiger partial charge >= 0.3 is 0 Å². The number of hydrogen-bond donors (Lipinski definition) is 1. The molecule has 1 N–H and O–H groups in total. The van der Waals surface area contributed by atoms with Crippen LogP contribution >= 0.6 is 15.9 Å². The van der Waals surface area contributed by atoms with Crippen molar-refractivity contribution in [2.75, 3.05) is 0 Å². The van der Waals surface area contributed by atoms with Gasteiger partial charge in [-0.25, -0.2) is 0 Å². The third-order valence-electron chi connectivity index (χ3n) is 5.05. The molecule has 0 amide bonds. The summed E-state index contributed by atoms with van der Waals surface area (Å²) in [5.41, 5.74) is 1.29. The number of nitrogens with zero attached hydrogens (tertiary/aromatic N) is 1. The molecule has 0 aromatic heterocycles. The van der Waals surface area contributed by atoms with Crippen molar-refractivity contribution in [3.63, 3.8) is 0 Å². The Morgan fingerprint density at radius 1 is 1.23 bits per heavy atom. The lowest BCUT2D eigenvalue weighted by molar-refractivity contribution is 0.0492. The summed E-state index contributed by atoms with van der Waals surface area (Å²) >= 11 is 3.68. The lowest BCUT2D eigenvalue weighted by Gasteiger charge is -2.37. The molecule has 0 aliphatic carbocycles. The van der Waals surface area contributed by atoms with Crippen LogP contribution in [0.5, 0.6) is 0 Å². The zero-order valence-electron chi connectivity index (χ0n) is 14.7. The van der Waals surface area contributed by atoms with Gasteiger partial charge in [-0.05, 0) is 37.3 Å². The number of benzene rings is 1. The Bertz CT molecular complexity index is 508. The van der Waals surface area contributed by atoms with Gasteiger partial charge in [0.2, 0.25) is 0 Å². The minimum Gasteiger partial charge on any atom is -0.391 e. The molecule has 124 valence electrons. The quantitative estimate of drug-likeness (QED) is 0.810. The van der Waals surface area contributed by atoms with Gasteiger partial charge in [-0.3, -0.25) is 4.90 Å². The van der Waals surface area contributed by atoms with Crippen molar-refractivity contribution in [2.24, 2.45) is 11.3 Å². The molecule has 0 spiro atoms. The highest BCUT2D eigenvalue weighted by atomic mass is 79.9. The van der Waals surface area contributed by atoms with Gasteiger partial charge in [-0.1, -0.05) is 61.8 Å². The summed E-state index contributed by atoms with van der Waals surface area (Å²) in [6, 6.07) is 9.20. The summed E-state index contributed by atoms with van der Waals surface area (Å²) in [5, 5.41) is 11.2. The number of aliphatic hydroxyl groups excluding tert-OH is 1. The van der Waals surface area contributed by atoms with Crippen molar-refractivity contribution in [1.82, 2.24) is 4.90 Å². The van der Waals surface area contributed by atoms with Gasteiger partial charge < -0.3 is 5.11 Å². The molecule has 4 atom stereocenters. The van der Waals surface area contributed by atoms with Crippen molar-refractivity contribution >= 4 is 15.9 Å². The Balaban J connectivity index is 2.54. The van der Waals surface area contributed by atoms with Crippen LogP contribution in [0.4, 0.5) is 0 Å². The second-order valence-corrected chi connectivity index (χ2v) is 8.72. The third kappa shape index (κ3) is 3.13. The fourth-order valence-corrected chi connectivity index (χ4v) is 4.83. The summed E-state index contributed by atoms with van der Waals surface area (Å²) < 4.78 is 1.09. The van der Waals surface area contributed by atoms with Gasteiger partial charge in [0.1, 0.15) is 0 Å². The highest BCUT2D eigenvalue weighted by Gasteiger charge is 2.53. The molecule has 2 rings (SSSR count). The predicted molar refractivity (Wildman–Crippen MR) is 96.9 cm³/mol. The SMILES string of the molecule is CCC1C(C(C)(C)C)C(O)C(c2ccccc2Br)N1C(C)C. The number of rotatable bonds is 3. The molecular weight excluding hydrogens is 338 g/mol. The Hall–Kier alpha value is -0.380. The Labute approximate surface area is 144 Å². The van der Waals surface area contributed by atoms with E-state index in [-0.39, 0.29) is 23.5 Å². The number of halogens is 1. The highest BCUT2D eigenvalue weighted by molar-refractivity contribution is 9.10. The van der Waals surface area contributed by atoms with Gasteiger partial charge in [0, 0.05) is 22.5 Å². The van der Waals surface area contributed by atoms with Crippen molar-refractivity contribution in [1.29, 1.82) is 0 Å². The highest BCUT2D eigenvalue weighted by Crippen LogP contribution is 2.50. The molecule has 1 aliphatic rings. The first kappa shape index (κ1) is 18.0. The van der Waals surface area contributed by atoms with Crippen LogP contribution in [0.15, 0.2) is 28.7 Å². The maximum atomic E-state index is 11.2. The van der Waals surface area contributed by atoms with Gasteiger partial charge in [-0.15, -0.1) is 0 Å². The van der Waals surface area contributed by atoms with E-state index in [0.29, 0.717) is 12.1 Å². The van der Waals surface area contributed by atoms with Crippen molar-refractivity contribution in [3.8, 4) is 0 Å². The van der Waals surface area contributed by atoms with Crippen LogP contribution in [0.25, 0.3) is 0 Å². The normalized spacial score (nSPS) is 30.2. The molecule has 4 unspecified atom stereocenters. The Kier molecular flexibility index (Phi) is 5.41. The topological polar surface area (TPSA) is 23.5 Å². The molecule has 1 heterocycles. The number of aliphatic hydroxyl groups is 1. The summed E-state index contributed by atoms with van der Waals surface area (Å²) in [4.78, 5) is 2.53. The van der Waals surface area contributed by atoms with Crippen molar-refractivity contribution in [2.45, 2.75) is 72.2 Å². The molecule has 1 aliphatic heterocycles.